The van der Waals surface area contributed by atoms with Crippen LogP contribution in [0.15, 0.2) is 0 Å². The normalized spacial score (nSPS) is 20.7. The van der Waals surface area contributed by atoms with Gasteiger partial charge in [0, 0.05) is 13.5 Å². The Balaban J connectivity index is 2.46. The average molecular weight is 198 g/mol. The van der Waals surface area contributed by atoms with Crippen LogP contribution in [0.5, 0.6) is 0 Å². The van der Waals surface area contributed by atoms with E-state index in [0.717, 1.165) is 6.42 Å². The molecule has 0 N–H and O–H groups in total. The molecule has 0 radical (unpaired) electrons. The molecule has 1 rings (SSSR count). The smallest absolute Gasteiger partial charge is 0.161 e. The van der Waals surface area contributed by atoms with Crippen LogP contribution in [-0.2, 0) is 9.53 Å². The lowest BCUT2D eigenvalue weighted by atomic mass is 9.83. The van der Waals surface area contributed by atoms with Gasteiger partial charge in [0.25, 0.3) is 0 Å². The van der Waals surface area contributed by atoms with Crippen LogP contribution in [0.4, 0.5) is 0 Å². The van der Waals surface area contributed by atoms with Crippen LogP contribution in [0.25, 0.3) is 0 Å². The molecule has 0 aliphatic heterocycles. The van der Waals surface area contributed by atoms with E-state index in [0.29, 0.717) is 18.1 Å². The minimum absolute atomic E-state index is 0.116. The summed E-state index contributed by atoms with van der Waals surface area (Å²) >= 11 is 0. The van der Waals surface area contributed by atoms with Crippen molar-refractivity contribution in [1.29, 1.82) is 0 Å². The molecule has 14 heavy (non-hydrogen) atoms. The molecule has 0 amide bonds. The largest absolute Gasteiger partial charge is 0.373 e. The molecule has 1 aliphatic rings. The zero-order valence-corrected chi connectivity index (χ0v) is 9.42. The van der Waals surface area contributed by atoms with Gasteiger partial charge in [0.1, 0.15) is 6.10 Å². The number of carbonyl (C=O) groups excluding carboxylic acids is 1. The van der Waals surface area contributed by atoms with E-state index in [1.54, 1.807) is 7.11 Å². The summed E-state index contributed by atoms with van der Waals surface area (Å²) in [6.07, 6.45) is 7.71. The fourth-order valence-corrected chi connectivity index (χ4v) is 2.41. The molecule has 0 aromatic carbocycles. The molecule has 1 aliphatic carbocycles. The number of rotatable bonds is 5. The first-order valence-electron chi connectivity index (χ1n) is 5.85. The van der Waals surface area contributed by atoms with E-state index in [-0.39, 0.29) is 6.10 Å². The zero-order valence-electron chi connectivity index (χ0n) is 9.42. The van der Waals surface area contributed by atoms with E-state index < -0.39 is 0 Å². The van der Waals surface area contributed by atoms with E-state index in [2.05, 4.69) is 0 Å². The van der Waals surface area contributed by atoms with Gasteiger partial charge in [-0.1, -0.05) is 26.2 Å². The van der Waals surface area contributed by atoms with Crippen molar-refractivity contribution >= 4 is 5.78 Å². The summed E-state index contributed by atoms with van der Waals surface area (Å²) in [4.78, 5) is 11.7. The third kappa shape index (κ3) is 3.09. The molecule has 0 aromatic rings. The highest BCUT2D eigenvalue weighted by Crippen LogP contribution is 2.28. The van der Waals surface area contributed by atoms with Crippen molar-refractivity contribution in [2.75, 3.05) is 7.11 Å². The summed E-state index contributed by atoms with van der Waals surface area (Å²) in [6.45, 7) is 2.05. The summed E-state index contributed by atoms with van der Waals surface area (Å²) < 4.78 is 5.35. The number of methoxy groups -OCH3 is 1. The summed E-state index contributed by atoms with van der Waals surface area (Å²) in [6, 6.07) is 0. The predicted molar refractivity (Wildman–Crippen MR) is 57.3 cm³/mol. The first-order chi connectivity index (χ1) is 6.79. The molecule has 0 heterocycles. The highest BCUT2D eigenvalue weighted by atomic mass is 16.5. The predicted octanol–water partition coefficient (Wildman–Crippen LogP) is 2.95. The van der Waals surface area contributed by atoms with Gasteiger partial charge in [-0.2, -0.15) is 0 Å². The Labute approximate surface area is 87.0 Å². The van der Waals surface area contributed by atoms with Crippen LogP contribution in [0.3, 0.4) is 0 Å². The summed E-state index contributed by atoms with van der Waals surface area (Å²) in [7, 11) is 1.67. The molecule has 0 spiro atoms. The highest BCUT2D eigenvalue weighted by Gasteiger charge is 2.28. The van der Waals surface area contributed by atoms with Crippen LogP contribution >= 0.6 is 0 Å². The van der Waals surface area contributed by atoms with Gasteiger partial charge in [-0.15, -0.1) is 0 Å². The molecule has 1 atom stereocenters. The quantitative estimate of drug-likeness (QED) is 0.679. The van der Waals surface area contributed by atoms with E-state index in [4.69, 9.17) is 4.74 Å². The first-order valence-corrected chi connectivity index (χ1v) is 5.85. The van der Waals surface area contributed by atoms with Crippen LogP contribution in [0.1, 0.15) is 51.9 Å². The Hall–Kier alpha value is -0.370. The SMILES string of the molecule is CCCC(=O)C(OC)C1CCCCC1. The summed E-state index contributed by atoms with van der Waals surface area (Å²) in [5.74, 6) is 0.801. The number of hydrogen-bond donors (Lipinski definition) is 0. The van der Waals surface area contributed by atoms with Crippen molar-refractivity contribution in [3.63, 3.8) is 0 Å². The Morgan fingerprint density at radius 2 is 2.00 bits per heavy atom. The van der Waals surface area contributed by atoms with Gasteiger partial charge < -0.3 is 4.74 Å². The van der Waals surface area contributed by atoms with Crippen molar-refractivity contribution in [2.24, 2.45) is 5.92 Å². The minimum Gasteiger partial charge on any atom is -0.373 e. The van der Waals surface area contributed by atoms with Gasteiger partial charge in [-0.25, -0.2) is 0 Å². The van der Waals surface area contributed by atoms with E-state index in [9.17, 15) is 4.79 Å². The average Bonchev–Trinajstić information content (AvgIpc) is 2.21. The van der Waals surface area contributed by atoms with Crippen LogP contribution in [0, 0.1) is 5.92 Å². The topological polar surface area (TPSA) is 26.3 Å². The van der Waals surface area contributed by atoms with E-state index in [1.165, 1.54) is 32.1 Å². The summed E-state index contributed by atoms with van der Waals surface area (Å²) in [5.41, 5.74) is 0. The van der Waals surface area contributed by atoms with Crippen molar-refractivity contribution in [3.8, 4) is 0 Å². The van der Waals surface area contributed by atoms with Gasteiger partial charge in [0.2, 0.25) is 0 Å². The maximum atomic E-state index is 11.7. The molecular formula is C12H22O2. The molecule has 2 heteroatoms. The Bertz CT molecular complexity index is 171. The molecule has 0 saturated heterocycles. The third-order valence-electron chi connectivity index (χ3n) is 3.15. The van der Waals surface area contributed by atoms with Crippen LogP contribution in [-0.4, -0.2) is 19.0 Å². The molecular weight excluding hydrogens is 176 g/mol. The van der Waals surface area contributed by atoms with Gasteiger partial charge in [-0.05, 0) is 25.2 Å². The fraction of sp³-hybridized carbons (Fsp3) is 0.917. The third-order valence-corrected chi connectivity index (χ3v) is 3.15. The number of ether oxygens (including phenoxy) is 1. The monoisotopic (exact) mass is 198 g/mol. The summed E-state index contributed by atoms with van der Waals surface area (Å²) in [5, 5.41) is 0. The van der Waals surface area contributed by atoms with Crippen LogP contribution in [0.2, 0.25) is 0 Å². The molecule has 1 saturated carbocycles. The number of hydrogen-bond acceptors (Lipinski definition) is 2. The lowest BCUT2D eigenvalue weighted by Gasteiger charge is -2.28. The second-order valence-electron chi connectivity index (χ2n) is 4.27. The van der Waals surface area contributed by atoms with Crippen molar-refractivity contribution in [2.45, 2.75) is 58.0 Å². The highest BCUT2D eigenvalue weighted by molar-refractivity contribution is 5.83. The Morgan fingerprint density at radius 1 is 1.36 bits per heavy atom. The second-order valence-corrected chi connectivity index (χ2v) is 4.27. The van der Waals surface area contributed by atoms with E-state index in [1.807, 2.05) is 6.92 Å². The lowest BCUT2D eigenvalue weighted by molar-refractivity contribution is -0.132. The molecule has 0 aromatic heterocycles. The first kappa shape index (κ1) is 11.7. The Kier molecular flexibility index (Phi) is 5.16. The molecule has 2 nitrogen and oxygen atoms in total. The standard InChI is InChI=1S/C12H22O2/c1-3-7-11(13)12(14-2)10-8-5-4-6-9-10/h10,12H,3-9H2,1-2H3. The minimum atomic E-state index is -0.116. The number of Topliss-reactive ketones (excluding diaryl/α,β-unsaturated/α-hetero) is 1. The van der Waals surface area contributed by atoms with Crippen molar-refractivity contribution in [1.82, 2.24) is 0 Å². The van der Waals surface area contributed by atoms with Crippen LogP contribution < -0.4 is 0 Å². The number of ketones is 1. The van der Waals surface area contributed by atoms with Gasteiger partial charge in [0.15, 0.2) is 5.78 Å². The van der Waals surface area contributed by atoms with Gasteiger partial charge in [0.05, 0.1) is 0 Å². The Morgan fingerprint density at radius 3 is 2.50 bits per heavy atom. The molecule has 82 valence electrons. The lowest BCUT2D eigenvalue weighted by Crippen LogP contribution is -2.32. The molecule has 1 fully saturated rings. The maximum Gasteiger partial charge on any atom is 0.161 e. The van der Waals surface area contributed by atoms with Crippen molar-refractivity contribution in [3.05, 3.63) is 0 Å². The van der Waals surface area contributed by atoms with E-state index >= 15 is 0 Å². The fourth-order valence-electron chi connectivity index (χ4n) is 2.41. The second kappa shape index (κ2) is 6.18. The number of carbonyl (C=O) groups is 1. The maximum absolute atomic E-state index is 11.7. The zero-order chi connectivity index (χ0) is 10.4. The van der Waals surface area contributed by atoms with Gasteiger partial charge >= 0.3 is 0 Å². The van der Waals surface area contributed by atoms with Gasteiger partial charge in [-0.3, -0.25) is 4.79 Å². The molecule has 0 bridgehead atoms. The molecule has 1 unspecified atom stereocenters. The van der Waals surface area contributed by atoms with Crippen molar-refractivity contribution < 1.29 is 9.53 Å².